The van der Waals surface area contributed by atoms with Crippen molar-refractivity contribution in [2.45, 2.75) is 76.4 Å². The average molecular weight is 852 g/mol. The minimum atomic E-state index is -0.624. The Labute approximate surface area is 368 Å². The zero-order chi connectivity index (χ0) is 43.7. The number of hydrogen-bond acceptors (Lipinski definition) is 12. The Morgan fingerprint density at radius 3 is 2.51 bits per heavy atom. The molecule has 2 aromatic heterocycles. The number of pyridine rings is 1. The molecule has 2 unspecified atom stereocenters. The SMILES string of the molecule is C=CCNC(=O)c1cnc(Nc2ccc(N3CCN(C4CC5(C4)CN(c4cccc6c4CN(C(C=O)CCC(=O)NC)C6=O)C5)CC3)cc2)nc1Nc1ccc2c(n1)C(CC)CC2. The van der Waals surface area contributed by atoms with Crippen LogP contribution in [0.25, 0.3) is 0 Å². The number of carbonyl (C=O) groups is 4. The number of benzene rings is 2. The normalized spacial score (nSPS) is 19.4. The number of nitrogens with one attached hydrogen (secondary N) is 4. The van der Waals surface area contributed by atoms with Crippen LogP contribution in [-0.2, 0) is 22.6 Å². The maximum Gasteiger partial charge on any atom is 0.256 e. The molecule has 15 heteroatoms. The fraction of sp³-hybridized carbons (Fsp3) is 0.438. The molecule has 3 amide bonds. The van der Waals surface area contributed by atoms with Gasteiger partial charge in [-0.15, -0.1) is 6.58 Å². The summed E-state index contributed by atoms with van der Waals surface area (Å²) in [4.78, 5) is 73.6. The highest BCUT2D eigenvalue weighted by atomic mass is 16.2. The molecule has 0 bridgehead atoms. The summed E-state index contributed by atoms with van der Waals surface area (Å²) in [6, 6.07) is 18.3. The van der Waals surface area contributed by atoms with Crippen LogP contribution in [0.15, 0.2) is 73.4 Å². The first-order valence-corrected chi connectivity index (χ1v) is 22.4. The van der Waals surface area contributed by atoms with Crippen molar-refractivity contribution in [1.29, 1.82) is 0 Å². The van der Waals surface area contributed by atoms with E-state index in [-0.39, 0.29) is 24.1 Å². The van der Waals surface area contributed by atoms with Gasteiger partial charge in [0.25, 0.3) is 11.8 Å². The second-order valence-electron chi connectivity index (χ2n) is 17.7. The van der Waals surface area contributed by atoms with E-state index in [0.717, 1.165) is 87.4 Å². The van der Waals surface area contributed by atoms with E-state index in [1.807, 2.05) is 30.3 Å². The van der Waals surface area contributed by atoms with Gasteiger partial charge < -0.3 is 40.8 Å². The molecule has 15 nitrogen and oxygen atoms in total. The van der Waals surface area contributed by atoms with Crippen LogP contribution in [0, 0.1) is 5.41 Å². The second kappa shape index (κ2) is 17.8. The Morgan fingerprint density at radius 2 is 1.78 bits per heavy atom. The number of fused-ring (bicyclic) bond motifs is 2. The molecule has 3 fully saturated rings. The highest BCUT2D eigenvalue weighted by Gasteiger charge is 2.54. The predicted molar refractivity (Wildman–Crippen MR) is 244 cm³/mol. The van der Waals surface area contributed by atoms with Crippen LogP contribution in [0.2, 0.25) is 0 Å². The lowest BCUT2D eigenvalue weighted by Gasteiger charge is -2.62. The molecule has 2 atom stereocenters. The van der Waals surface area contributed by atoms with Crippen molar-refractivity contribution in [1.82, 2.24) is 35.4 Å². The number of carbonyl (C=O) groups excluding carboxylic acids is 4. The number of amides is 3. The van der Waals surface area contributed by atoms with E-state index in [4.69, 9.17) is 9.97 Å². The monoisotopic (exact) mass is 851 g/mol. The van der Waals surface area contributed by atoms with Crippen LogP contribution in [0.1, 0.15) is 88.9 Å². The summed E-state index contributed by atoms with van der Waals surface area (Å²) in [6.07, 6.45) is 10.0. The average Bonchev–Trinajstić information content (AvgIpc) is 3.85. The molecule has 3 aliphatic heterocycles. The number of aldehydes is 1. The first-order chi connectivity index (χ1) is 30.7. The number of rotatable bonds is 16. The summed E-state index contributed by atoms with van der Waals surface area (Å²) < 4.78 is 0. The van der Waals surface area contributed by atoms with Gasteiger partial charge in [0, 0.05) is 123 Å². The van der Waals surface area contributed by atoms with E-state index in [1.54, 1.807) is 18.0 Å². The van der Waals surface area contributed by atoms with E-state index in [0.29, 0.717) is 65.6 Å². The quantitative estimate of drug-likeness (QED) is 0.0821. The molecule has 1 spiro atoms. The molecule has 2 aromatic carbocycles. The Kier molecular flexibility index (Phi) is 11.9. The number of aryl methyl sites for hydroxylation is 1. The Morgan fingerprint density at radius 1 is 0.984 bits per heavy atom. The minimum Gasteiger partial charge on any atom is -0.370 e. The molecule has 9 rings (SSSR count). The highest BCUT2D eigenvalue weighted by Crippen LogP contribution is 2.52. The predicted octanol–water partition coefficient (Wildman–Crippen LogP) is 5.55. The van der Waals surface area contributed by atoms with Gasteiger partial charge in [-0.2, -0.15) is 4.98 Å². The van der Waals surface area contributed by atoms with Gasteiger partial charge in [0.05, 0.1) is 6.04 Å². The van der Waals surface area contributed by atoms with Crippen LogP contribution in [0.5, 0.6) is 0 Å². The summed E-state index contributed by atoms with van der Waals surface area (Å²) in [6.45, 7) is 12.5. The van der Waals surface area contributed by atoms with E-state index >= 15 is 0 Å². The minimum absolute atomic E-state index is 0.133. The number of hydrogen-bond donors (Lipinski definition) is 4. The molecule has 2 aliphatic carbocycles. The number of anilines is 6. The molecule has 4 aromatic rings. The van der Waals surface area contributed by atoms with Gasteiger partial charge in [-0.3, -0.25) is 19.3 Å². The largest absolute Gasteiger partial charge is 0.370 e. The fourth-order valence-electron chi connectivity index (χ4n) is 10.3. The van der Waals surface area contributed by atoms with Crippen molar-refractivity contribution in [3.63, 3.8) is 0 Å². The van der Waals surface area contributed by atoms with Gasteiger partial charge in [0.15, 0.2) is 0 Å². The Hall–Kier alpha value is -6.35. The summed E-state index contributed by atoms with van der Waals surface area (Å²) in [7, 11) is 1.57. The summed E-state index contributed by atoms with van der Waals surface area (Å²) >= 11 is 0. The molecule has 1 saturated carbocycles. The van der Waals surface area contributed by atoms with Crippen LogP contribution in [0.3, 0.4) is 0 Å². The van der Waals surface area contributed by atoms with Crippen LogP contribution >= 0.6 is 0 Å². The molecule has 2 saturated heterocycles. The van der Waals surface area contributed by atoms with Crippen molar-refractivity contribution in [3.8, 4) is 0 Å². The van der Waals surface area contributed by atoms with E-state index in [2.05, 4.69) is 78.7 Å². The third-order valence-electron chi connectivity index (χ3n) is 13.9. The molecule has 5 aliphatic rings. The molecular weight excluding hydrogens is 795 g/mol. The molecular formula is C48H57N11O4. The van der Waals surface area contributed by atoms with Gasteiger partial charge in [0.1, 0.15) is 23.5 Å². The highest BCUT2D eigenvalue weighted by molar-refractivity contribution is 6.01. The Bertz CT molecular complexity index is 2380. The second-order valence-corrected chi connectivity index (χ2v) is 17.7. The first kappa shape index (κ1) is 42.0. The lowest BCUT2D eigenvalue weighted by molar-refractivity contribution is -0.121. The van der Waals surface area contributed by atoms with E-state index in [9.17, 15) is 19.2 Å². The van der Waals surface area contributed by atoms with Gasteiger partial charge >= 0.3 is 0 Å². The molecule has 5 heterocycles. The third kappa shape index (κ3) is 8.45. The van der Waals surface area contributed by atoms with Gasteiger partial charge in [0.2, 0.25) is 11.9 Å². The topological polar surface area (TPSA) is 168 Å². The maximum atomic E-state index is 13.4. The lowest BCUT2D eigenvalue weighted by Crippen LogP contribution is -2.68. The van der Waals surface area contributed by atoms with Crippen molar-refractivity contribution < 1.29 is 19.2 Å². The zero-order valence-electron chi connectivity index (χ0n) is 36.2. The van der Waals surface area contributed by atoms with Crippen molar-refractivity contribution in [3.05, 3.63) is 101 Å². The van der Waals surface area contributed by atoms with Crippen molar-refractivity contribution in [2.24, 2.45) is 5.41 Å². The zero-order valence-corrected chi connectivity index (χ0v) is 36.2. The van der Waals surface area contributed by atoms with Crippen LogP contribution < -0.4 is 31.1 Å². The summed E-state index contributed by atoms with van der Waals surface area (Å²) in [5.41, 5.74) is 7.80. The smallest absolute Gasteiger partial charge is 0.256 e. The van der Waals surface area contributed by atoms with Gasteiger partial charge in [-0.1, -0.05) is 25.1 Å². The van der Waals surface area contributed by atoms with Crippen molar-refractivity contribution >= 4 is 58.7 Å². The first-order valence-electron chi connectivity index (χ1n) is 22.4. The molecule has 0 radical (unpaired) electrons. The number of aromatic nitrogens is 3. The van der Waals surface area contributed by atoms with Gasteiger partial charge in [-0.05, 0) is 86.6 Å². The molecule has 63 heavy (non-hydrogen) atoms. The molecule has 4 N–H and O–H groups in total. The van der Waals surface area contributed by atoms with Gasteiger partial charge in [-0.25, -0.2) is 9.97 Å². The summed E-state index contributed by atoms with van der Waals surface area (Å²) in [5.74, 6) is 1.26. The standard InChI is InChI=1S/C48H57N11O4/c1-4-19-50-45(62)38-26-51-47(55-44(38)54-41-17-11-32-10-9-31(5-2)43(32)53-41)52-33-12-14-34(15-13-33)56-20-22-57(23-21-56)36-24-48(25-36)29-58(30-48)40-8-6-7-37-39(40)27-59(46(37)63)35(28-60)16-18-42(61)49-3/h4,6-8,11-15,17,26,28,31,35-36H,1,5,9-10,16,18-25,27,29-30H2,2-3H3,(H,49,61)(H,50,62)(H2,51,52,53,54,55). The van der Waals surface area contributed by atoms with E-state index in [1.165, 1.54) is 30.3 Å². The lowest BCUT2D eigenvalue weighted by atomic mass is 9.60. The fourth-order valence-corrected chi connectivity index (χ4v) is 10.3. The third-order valence-corrected chi connectivity index (χ3v) is 13.9. The van der Waals surface area contributed by atoms with Crippen molar-refractivity contribution in [2.75, 3.05) is 73.3 Å². The number of nitrogens with zero attached hydrogens (tertiary/aromatic N) is 7. The van der Waals surface area contributed by atoms with Crippen LogP contribution in [-0.4, -0.2) is 114 Å². The molecule has 328 valence electrons. The van der Waals surface area contributed by atoms with Crippen LogP contribution in [0.4, 0.5) is 34.6 Å². The summed E-state index contributed by atoms with van der Waals surface area (Å²) in [5, 5.41) is 12.1. The number of piperazine rings is 1. The maximum absolute atomic E-state index is 13.4. The van der Waals surface area contributed by atoms with E-state index < -0.39 is 6.04 Å². The Balaban J connectivity index is 0.768.